The fourth-order valence-electron chi connectivity index (χ4n) is 3.54. The van der Waals surface area contributed by atoms with Crippen molar-refractivity contribution in [2.75, 3.05) is 10.6 Å². The molecular formula is C22H21ClN4O2. The standard InChI is InChI=1S/C22H21ClN4O2/c1-3-17-20(14-9-7-13(2)8-10-14)21-25-22(29)18(27(21)26-17)12-19(28)24-16-6-4-5-15(23)11-16/h4-11,18H,3,12H2,1-2H3,(H,24,28)(H,25,29). The zero-order valence-electron chi connectivity index (χ0n) is 16.2. The van der Waals surface area contributed by atoms with E-state index >= 15 is 0 Å². The van der Waals surface area contributed by atoms with Crippen LogP contribution in [0.25, 0.3) is 11.1 Å². The Morgan fingerprint density at radius 2 is 2.00 bits per heavy atom. The fraction of sp³-hybridized carbons (Fsp3) is 0.227. The van der Waals surface area contributed by atoms with Crippen LogP contribution in [-0.4, -0.2) is 21.6 Å². The topological polar surface area (TPSA) is 76.0 Å². The summed E-state index contributed by atoms with van der Waals surface area (Å²) < 4.78 is 1.65. The van der Waals surface area contributed by atoms with Crippen LogP contribution in [0.15, 0.2) is 48.5 Å². The van der Waals surface area contributed by atoms with Crippen LogP contribution in [0.3, 0.4) is 0 Å². The molecule has 1 aliphatic rings. The van der Waals surface area contributed by atoms with Crippen LogP contribution < -0.4 is 10.6 Å². The number of halogens is 1. The number of hydrogen-bond acceptors (Lipinski definition) is 3. The summed E-state index contributed by atoms with van der Waals surface area (Å²) in [6.07, 6.45) is 0.712. The molecule has 6 nitrogen and oxygen atoms in total. The second-order valence-electron chi connectivity index (χ2n) is 7.10. The maximum Gasteiger partial charge on any atom is 0.251 e. The van der Waals surface area contributed by atoms with Crippen LogP contribution in [0.4, 0.5) is 11.5 Å². The maximum atomic E-state index is 12.6. The number of nitrogens with one attached hydrogen (secondary N) is 2. The number of amides is 2. The van der Waals surface area contributed by atoms with E-state index in [2.05, 4.69) is 15.7 Å². The Balaban J connectivity index is 1.61. The van der Waals surface area contributed by atoms with E-state index in [9.17, 15) is 9.59 Å². The Morgan fingerprint density at radius 1 is 1.24 bits per heavy atom. The molecule has 0 spiro atoms. The van der Waals surface area contributed by atoms with Gasteiger partial charge < -0.3 is 10.6 Å². The Bertz CT molecular complexity index is 1090. The summed E-state index contributed by atoms with van der Waals surface area (Å²) in [7, 11) is 0. The molecule has 2 amide bonds. The quantitative estimate of drug-likeness (QED) is 0.648. The van der Waals surface area contributed by atoms with E-state index in [4.69, 9.17) is 11.6 Å². The van der Waals surface area contributed by atoms with Gasteiger partial charge in [0.1, 0.15) is 11.9 Å². The van der Waals surface area contributed by atoms with E-state index in [1.165, 1.54) is 0 Å². The highest BCUT2D eigenvalue weighted by Crippen LogP contribution is 2.38. The number of benzene rings is 2. The minimum Gasteiger partial charge on any atom is -0.326 e. The Hall–Kier alpha value is -3.12. The van der Waals surface area contributed by atoms with Gasteiger partial charge in [0, 0.05) is 16.3 Å². The number of rotatable bonds is 5. The normalized spacial score (nSPS) is 15.1. The van der Waals surface area contributed by atoms with Crippen LogP contribution >= 0.6 is 11.6 Å². The Kier molecular flexibility index (Phi) is 5.11. The van der Waals surface area contributed by atoms with Crippen LogP contribution in [-0.2, 0) is 16.0 Å². The van der Waals surface area contributed by atoms with Crippen LogP contribution in [0, 0.1) is 6.92 Å². The van der Waals surface area contributed by atoms with Crippen molar-refractivity contribution in [2.24, 2.45) is 0 Å². The van der Waals surface area contributed by atoms with Crippen LogP contribution in [0.5, 0.6) is 0 Å². The van der Waals surface area contributed by atoms with Gasteiger partial charge in [0.2, 0.25) is 5.91 Å². The molecule has 1 unspecified atom stereocenters. The van der Waals surface area contributed by atoms with Crippen molar-refractivity contribution in [2.45, 2.75) is 32.7 Å². The molecule has 2 N–H and O–H groups in total. The molecule has 1 aromatic heterocycles. The molecule has 0 aliphatic carbocycles. The smallest absolute Gasteiger partial charge is 0.251 e. The van der Waals surface area contributed by atoms with Gasteiger partial charge in [0.15, 0.2) is 0 Å². The molecule has 0 radical (unpaired) electrons. The van der Waals surface area contributed by atoms with Gasteiger partial charge >= 0.3 is 0 Å². The monoisotopic (exact) mass is 408 g/mol. The molecule has 0 saturated carbocycles. The lowest BCUT2D eigenvalue weighted by Gasteiger charge is -2.10. The average Bonchev–Trinajstić information content (AvgIpc) is 3.18. The van der Waals surface area contributed by atoms with E-state index in [0.29, 0.717) is 16.5 Å². The molecule has 0 fully saturated rings. The number of anilines is 2. The van der Waals surface area contributed by atoms with Crippen molar-refractivity contribution in [3.8, 4) is 11.1 Å². The minimum absolute atomic E-state index is 0.0104. The highest BCUT2D eigenvalue weighted by Gasteiger charge is 2.36. The minimum atomic E-state index is -0.686. The summed E-state index contributed by atoms with van der Waals surface area (Å²) in [6.45, 7) is 4.06. The second kappa shape index (κ2) is 7.72. The van der Waals surface area contributed by atoms with Crippen molar-refractivity contribution in [3.63, 3.8) is 0 Å². The number of nitrogens with zero attached hydrogens (tertiary/aromatic N) is 2. The number of aromatic nitrogens is 2. The summed E-state index contributed by atoms with van der Waals surface area (Å²) >= 11 is 5.96. The zero-order chi connectivity index (χ0) is 20.5. The SMILES string of the molecule is CCc1nn2c(c1-c1ccc(C)cc1)NC(=O)C2CC(=O)Nc1cccc(Cl)c1. The van der Waals surface area contributed by atoms with Gasteiger partial charge in [-0.25, -0.2) is 4.68 Å². The van der Waals surface area contributed by atoms with Gasteiger partial charge in [-0.2, -0.15) is 5.10 Å². The molecule has 1 atom stereocenters. The van der Waals surface area contributed by atoms with E-state index in [0.717, 1.165) is 28.8 Å². The predicted molar refractivity (Wildman–Crippen MR) is 114 cm³/mol. The lowest BCUT2D eigenvalue weighted by molar-refractivity contribution is -0.123. The summed E-state index contributed by atoms with van der Waals surface area (Å²) in [6, 6.07) is 14.3. The first-order valence-electron chi connectivity index (χ1n) is 9.51. The first kappa shape index (κ1) is 19.2. The third kappa shape index (κ3) is 3.76. The molecular weight excluding hydrogens is 388 g/mol. The van der Waals surface area contributed by atoms with Crippen LogP contribution in [0.2, 0.25) is 5.02 Å². The van der Waals surface area contributed by atoms with Gasteiger partial charge in [-0.3, -0.25) is 9.59 Å². The van der Waals surface area contributed by atoms with Crippen molar-refractivity contribution < 1.29 is 9.59 Å². The lowest BCUT2D eigenvalue weighted by atomic mass is 10.0. The Morgan fingerprint density at radius 3 is 2.69 bits per heavy atom. The van der Waals surface area contributed by atoms with Crippen LogP contribution in [0.1, 0.15) is 30.6 Å². The number of hydrogen-bond donors (Lipinski definition) is 2. The summed E-state index contributed by atoms with van der Waals surface area (Å²) in [5.74, 6) is 0.145. The third-order valence-corrected chi connectivity index (χ3v) is 5.22. The van der Waals surface area contributed by atoms with Crippen molar-refractivity contribution in [1.82, 2.24) is 9.78 Å². The lowest BCUT2D eigenvalue weighted by Crippen LogP contribution is -2.23. The van der Waals surface area contributed by atoms with Crippen molar-refractivity contribution in [1.29, 1.82) is 0 Å². The summed E-state index contributed by atoms with van der Waals surface area (Å²) in [5.41, 5.74) is 4.56. The highest BCUT2D eigenvalue weighted by molar-refractivity contribution is 6.30. The van der Waals surface area contributed by atoms with E-state index < -0.39 is 6.04 Å². The molecule has 148 valence electrons. The molecule has 4 rings (SSSR count). The molecule has 3 aromatic rings. The van der Waals surface area contributed by atoms with Crippen molar-refractivity contribution >= 4 is 34.9 Å². The van der Waals surface area contributed by atoms with E-state index in [-0.39, 0.29) is 18.2 Å². The predicted octanol–water partition coefficient (Wildman–Crippen LogP) is 4.60. The van der Waals surface area contributed by atoms with E-state index in [1.807, 2.05) is 38.1 Å². The third-order valence-electron chi connectivity index (χ3n) is 4.98. The van der Waals surface area contributed by atoms with Gasteiger partial charge in [-0.15, -0.1) is 0 Å². The van der Waals surface area contributed by atoms with Crippen molar-refractivity contribution in [3.05, 3.63) is 64.8 Å². The molecule has 0 bridgehead atoms. The van der Waals surface area contributed by atoms with Gasteiger partial charge in [0.25, 0.3) is 5.91 Å². The molecule has 29 heavy (non-hydrogen) atoms. The Labute approximate surface area is 173 Å². The summed E-state index contributed by atoms with van der Waals surface area (Å²) in [4.78, 5) is 25.1. The molecule has 2 heterocycles. The van der Waals surface area contributed by atoms with E-state index in [1.54, 1.807) is 28.9 Å². The average molecular weight is 409 g/mol. The van der Waals surface area contributed by atoms with Gasteiger partial charge in [0.05, 0.1) is 12.1 Å². The number of fused-ring (bicyclic) bond motifs is 1. The summed E-state index contributed by atoms with van der Waals surface area (Å²) in [5, 5.41) is 10.9. The highest BCUT2D eigenvalue weighted by atomic mass is 35.5. The number of aryl methyl sites for hydroxylation is 2. The molecule has 0 saturated heterocycles. The number of carbonyl (C=O) groups excluding carboxylic acids is 2. The van der Waals surface area contributed by atoms with Gasteiger partial charge in [-0.1, -0.05) is 54.4 Å². The fourth-order valence-corrected chi connectivity index (χ4v) is 3.73. The zero-order valence-corrected chi connectivity index (χ0v) is 17.0. The molecule has 1 aliphatic heterocycles. The number of carbonyl (C=O) groups is 2. The largest absolute Gasteiger partial charge is 0.326 e. The maximum absolute atomic E-state index is 12.6. The van der Waals surface area contributed by atoms with Gasteiger partial charge in [-0.05, 0) is 37.1 Å². The molecule has 2 aromatic carbocycles. The first-order chi connectivity index (χ1) is 14.0. The molecule has 7 heteroatoms. The first-order valence-corrected chi connectivity index (χ1v) is 9.88. The second-order valence-corrected chi connectivity index (χ2v) is 7.54.